The smallest absolute Gasteiger partial charge is 0.324 e. The van der Waals surface area contributed by atoms with Crippen LogP contribution in [0.4, 0.5) is 13.2 Å². The molecule has 0 bridgehead atoms. The molecule has 1 heterocycles. The van der Waals surface area contributed by atoms with E-state index < -0.39 is 18.6 Å². The van der Waals surface area contributed by atoms with Crippen molar-refractivity contribution in [2.45, 2.75) is 32.1 Å². The van der Waals surface area contributed by atoms with Gasteiger partial charge in [-0.25, -0.2) is 0 Å². The summed E-state index contributed by atoms with van der Waals surface area (Å²) < 4.78 is 37.5. The van der Waals surface area contributed by atoms with Gasteiger partial charge in [0.2, 0.25) is 0 Å². The van der Waals surface area contributed by atoms with E-state index in [1.807, 2.05) is 6.92 Å². The number of nitrogens with zero attached hydrogens (tertiary/aromatic N) is 2. The molecule has 0 amide bonds. The molecule has 0 saturated carbocycles. The molecule has 6 heteroatoms. The van der Waals surface area contributed by atoms with Crippen LogP contribution >= 0.6 is 0 Å². The minimum absolute atomic E-state index is 0.421. The summed E-state index contributed by atoms with van der Waals surface area (Å²) in [7, 11) is 0. The maximum absolute atomic E-state index is 12.0. The fourth-order valence-electron chi connectivity index (χ4n) is 1.11. The van der Waals surface area contributed by atoms with Crippen molar-refractivity contribution in [3.05, 3.63) is 18.0 Å². The van der Waals surface area contributed by atoms with Gasteiger partial charge in [-0.2, -0.15) is 18.3 Å². The maximum atomic E-state index is 12.0. The first-order valence-electron chi connectivity index (χ1n) is 4.27. The average Bonchev–Trinajstić information content (AvgIpc) is 2.48. The lowest BCUT2D eigenvalue weighted by atomic mass is 10.1. The van der Waals surface area contributed by atoms with Crippen LogP contribution < -0.4 is 5.73 Å². The highest BCUT2D eigenvalue weighted by atomic mass is 19.4. The molecule has 1 aromatic heterocycles. The summed E-state index contributed by atoms with van der Waals surface area (Å²) in [6.45, 7) is 2.48. The van der Waals surface area contributed by atoms with E-state index >= 15 is 0 Å². The third-order valence-corrected chi connectivity index (χ3v) is 1.86. The van der Waals surface area contributed by atoms with Crippen LogP contribution in [0.25, 0.3) is 0 Å². The van der Waals surface area contributed by atoms with Gasteiger partial charge >= 0.3 is 6.18 Å². The van der Waals surface area contributed by atoms with Crippen molar-refractivity contribution in [1.29, 1.82) is 0 Å². The standard InChI is InChI=1S/C8H12F3N3/c1-2-14-5-6(4-13-14)7(12)3-8(9,10)11/h4-5,7H,2-3,12H2,1H3. The van der Waals surface area contributed by atoms with Crippen molar-refractivity contribution >= 4 is 0 Å². The van der Waals surface area contributed by atoms with Gasteiger partial charge in [-0.05, 0) is 6.92 Å². The summed E-state index contributed by atoms with van der Waals surface area (Å²) in [5.74, 6) is 0. The van der Waals surface area contributed by atoms with Crippen LogP contribution in [0.5, 0.6) is 0 Å². The molecule has 2 N–H and O–H groups in total. The van der Waals surface area contributed by atoms with Crippen molar-refractivity contribution in [1.82, 2.24) is 9.78 Å². The van der Waals surface area contributed by atoms with Crippen LogP contribution in [0.3, 0.4) is 0 Å². The zero-order valence-corrected chi connectivity index (χ0v) is 7.75. The second kappa shape index (κ2) is 4.00. The van der Waals surface area contributed by atoms with Gasteiger partial charge < -0.3 is 5.73 Å². The second-order valence-electron chi connectivity index (χ2n) is 3.06. The minimum Gasteiger partial charge on any atom is -0.324 e. The molecule has 14 heavy (non-hydrogen) atoms. The molecular formula is C8H12F3N3. The lowest BCUT2D eigenvalue weighted by Crippen LogP contribution is -2.19. The molecule has 1 atom stereocenters. The number of hydrogen-bond acceptors (Lipinski definition) is 2. The van der Waals surface area contributed by atoms with Crippen molar-refractivity contribution in [2.24, 2.45) is 5.73 Å². The largest absolute Gasteiger partial charge is 0.390 e. The zero-order valence-electron chi connectivity index (χ0n) is 7.75. The molecule has 3 nitrogen and oxygen atoms in total. The summed E-state index contributed by atoms with van der Waals surface area (Å²) in [5, 5.41) is 3.86. The van der Waals surface area contributed by atoms with Crippen LogP contribution in [0.2, 0.25) is 0 Å². The highest BCUT2D eigenvalue weighted by Gasteiger charge is 2.31. The van der Waals surface area contributed by atoms with Crippen LogP contribution in [0.1, 0.15) is 24.9 Å². The first-order chi connectivity index (χ1) is 6.42. The Labute approximate surface area is 79.7 Å². The molecule has 0 aromatic carbocycles. The minimum atomic E-state index is -4.23. The second-order valence-corrected chi connectivity index (χ2v) is 3.06. The van der Waals surface area contributed by atoms with Crippen molar-refractivity contribution in [2.75, 3.05) is 0 Å². The molecule has 0 aliphatic carbocycles. The molecule has 0 saturated heterocycles. The van der Waals surface area contributed by atoms with Gasteiger partial charge in [0.05, 0.1) is 12.6 Å². The Balaban J connectivity index is 2.65. The number of rotatable bonds is 3. The SMILES string of the molecule is CCn1cc(C(N)CC(F)(F)F)cn1. The third kappa shape index (κ3) is 3.02. The first kappa shape index (κ1) is 11.0. The van der Waals surface area contributed by atoms with Crippen LogP contribution in [0.15, 0.2) is 12.4 Å². The summed E-state index contributed by atoms with van der Waals surface area (Å²) >= 11 is 0. The first-order valence-corrected chi connectivity index (χ1v) is 4.27. The monoisotopic (exact) mass is 207 g/mol. The predicted octanol–water partition coefficient (Wildman–Crippen LogP) is 1.86. The predicted molar refractivity (Wildman–Crippen MR) is 45.5 cm³/mol. The van der Waals surface area contributed by atoms with E-state index in [4.69, 9.17) is 5.73 Å². The molecule has 0 aliphatic rings. The normalized spacial score (nSPS) is 14.4. The van der Waals surface area contributed by atoms with Crippen molar-refractivity contribution < 1.29 is 13.2 Å². The molecule has 1 aromatic rings. The molecule has 80 valence electrons. The maximum Gasteiger partial charge on any atom is 0.390 e. The number of nitrogens with two attached hydrogens (primary N) is 1. The van der Waals surface area contributed by atoms with E-state index in [1.54, 1.807) is 4.68 Å². The Morgan fingerprint density at radius 3 is 2.64 bits per heavy atom. The van der Waals surface area contributed by atoms with Gasteiger partial charge in [0.15, 0.2) is 0 Å². The molecule has 0 spiro atoms. The third-order valence-electron chi connectivity index (χ3n) is 1.86. The van der Waals surface area contributed by atoms with Crippen LogP contribution in [-0.2, 0) is 6.54 Å². The molecule has 0 aliphatic heterocycles. The highest BCUT2D eigenvalue weighted by molar-refractivity contribution is 5.09. The zero-order chi connectivity index (χ0) is 10.8. The Bertz CT molecular complexity index is 292. The van der Waals surface area contributed by atoms with E-state index in [0.29, 0.717) is 12.1 Å². The summed E-state index contributed by atoms with van der Waals surface area (Å²) in [5.41, 5.74) is 5.80. The van der Waals surface area contributed by atoms with Gasteiger partial charge in [-0.1, -0.05) is 0 Å². The Kier molecular flexibility index (Phi) is 3.15. The van der Waals surface area contributed by atoms with Gasteiger partial charge in [0, 0.05) is 24.3 Å². The van der Waals surface area contributed by atoms with Crippen molar-refractivity contribution in [3.8, 4) is 0 Å². The number of hydrogen-bond donors (Lipinski definition) is 1. The molecule has 1 rings (SSSR count). The number of halogens is 3. The highest BCUT2D eigenvalue weighted by Crippen LogP contribution is 2.27. The van der Waals surface area contributed by atoms with Gasteiger partial charge in [-0.3, -0.25) is 4.68 Å². The van der Waals surface area contributed by atoms with Gasteiger partial charge in [-0.15, -0.1) is 0 Å². The number of aryl methyl sites for hydroxylation is 1. The van der Waals surface area contributed by atoms with Gasteiger partial charge in [0.25, 0.3) is 0 Å². The Morgan fingerprint density at radius 1 is 1.57 bits per heavy atom. The topological polar surface area (TPSA) is 43.8 Å². The van der Waals surface area contributed by atoms with Gasteiger partial charge in [0.1, 0.15) is 0 Å². The summed E-state index contributed by atoms with van der Waals surface area (Å²) in [6, 6.07) is -1.02. The van der Waals surface area contributed by atoms with Crippen LogP contribution in [0, 0.1) is 0 Å². The van der Waals surface area contributed by atoms with E-state index in [9.17, 15) is 13.2 Å². The van der Waals surface area contributed by atoms with E-state index in [1.165, 1.54) is 12.4 Å². The molecular weight excluding hydrogens is 195 g/mol. The molecule has 1 unspecified atom stereocenters. The summed E-state index contributed by atoms with van der Waals surface area (Å²) in [6.07, 6.45) is -2.33. The lowest BCUT2D eigenvalue weighted by Gasteiger charge is -2.11. The fourth-order valence-corrected chi connectivity index (χ4v) is 1.11. The average molecular weight is 207 g/mol. The van der Waals surface area contributed by atoms with E-state index in [2.05, 4.69) is 5.10 Å². The summed E-state index contributed by atoms with van der Waals surface area (Å²) in [4.78, 5) is 0. The number of alkyl halides is 3. The lowest BCUT2D eigenvalue weighted by molar-refractivity contribution is -0.138. The van der Waals surface area contributed by atoms with E-state index in [-0.39, 0.29) is 0 Å². The number of aromatic nitrogens is 2. The quantitative estimate of drug-likeness (QED) is 0.822. The molecule has 0 radical (unpaired) electrons. The van der Waals surface area contributed by atoms with Crippen molar-refractivity contribution in [3.63, 3.8) is 0 Å². The van der Waals surface area contributed by atoms with Crippen LogP contribution in [-0.4, -0.2) is 16.0 Å². The fraction of sp³-hybridized carbons (Fsp3) is 0.625. The molecule has 0 fully saturated rings. The van der Waals surface area contributed by atoms with E-state index in [0.717, 1.165) is 0 Å². The Morgan fingerprint density at radius 2 is 2.21 bits per heavy atom. The Hall–Kier alpha value is -1.04.